The van der Waals surface area contributed by atoms with Gasteiger partial charge in [0.1, 0.15) is 0 Å². The van der Waals surface area contributed by atoms with Crippen LogP contribution in [0.5, 0.6) is 0 Å². The van der Waals surface area contributed by atoms with E-state index in [0.717, 1.165) is 12.8 Å². The average Bonchev–Trinajstić information content (AvgIpc) is 2.69. The number of ether oxygens (including phenoxy) is 1. The molecule has 0 aromatic rings. The Morgan fingerprint density at radius 1 is 0.633 bits per heavy atom. The highest BCUT2D eigenvalue weighted by atomic mass is 16.6. The highest BCUT2D eigenvalue weighted by Gasteiger charge is 2.21. The van der Waals surface area contributed by atoms with Crippen LogP contribution in [-0.2, 0) is 19.1 Å². The van der Waals surface area contributed by atoms with Crippen molar-refractivity contribution in [2.75, 3.05) is 0 Å². The molecular weight excluding hydrogens is 384 g/mol. The van der Waals surface area contributed by atoms with Crippen molar-refractivity contribution in [3.05, 3.63) is 0 Å². The number of aliphatic carboxylic acids is 2. The van der Waals surface area contributed by atoms with Gasteiger partial charge >= 0.3 is 17.9 Å². The van der Waals surface area contributed by atoms with Crippen molar-refractivity contribution in [3.63, 3.8) is 0 Å². The SMILES string of the molecule is CCCCCCCCCCCCCCCCCC(=O)OC(CCCC(=O)O)C(=O)O. The van der Waals surface area contributed by atoms with Gasteiger partial charge in [-0.25, -0.2) is 4.79 Å². The van der Waals surface area contributed by atoms with E-state index in [2.05, 4.69) is 6.92 Å². The Hall–Kier alpha value is -1.59. The molecule has 2 N–H and O–H groups in total. The Labute approximate surface area is 182 Å². The highest BCUT2D eigenvalue weighted by molar-refractivity contribution is 5.78. The minimum Gasteiger partial charge on any atom is -0.481 e. The molecule has 176 valence electrons. The smallest absolute Gasteiger partial charge is 0.345 e. The molecule has 0 amide bonds. The molecule has 0 spiro atoms. The molecular formula is C24H44O6. The summed E-state index contributed by atoms with van der Waals surface area (Å²) in [6.45, 7) is 2.25. The first-order valence-corrected chi connectivity index (χ1v) is 12.1. The molecule has 0 fully saturated rings. The first kappa shape index (κ1) is 28.4. The Bertz CT molecular complexity index is 449. The molecule has 0 aromatic carbocycles. The fourth-order valence-corrected chi connectivity index (χ4v) is 3.53. The molecule has 0 aliphatic carbocycles. The van der Waals surface area contributed by atoms with Crippen LogP contribution in [0.15, 0.2) is 0 Å². The lowest BCUT2D eigenvalue weighted by molar-refractivity contribution is -0.164. The molecule has 0 aliphatic heterocycles. The average molecular weight is 429 g/mol. The van der Waals surface area contributed by atoms with Gasteiger partial charge in [0.2, 0.25) is 0 Å². The molecule has 0 aliphatic rings. The summed E-state index contributed by atoms with van der Waals surface area (Å²) in [7, 11) is 0. The normalized spacial score (nSPS) is 11.9. The van der Waals surface area contributed by atoms with Gasteiger partial charge in [0.05, 0.1) is 0 Å². The number of hydrogen-bond donors (Lipinski definition) is 2. The second kappa shape index (κ2) is 20.7. The summed E-state index contributed by atoms with van der Waals surface area (Å²) in [5.74, 6) is -2.71. The molecule has 0 aromatic heterocycles. The van der Waals surface area contributed by atoms with Crippen molar-refractivity contribution in [2.24, 2.45) is 0 Å². The molecule has 0 rings (SSSR count). The molecule has 6 nitrogen and oxygen atoms in total. The van der Waals surface area contributed by atoms with Gasteiger partial charge in [-0.2, -0.15) is 0 Å². The van der Waals surface area contributed by atoms with Crippen molar-refractivity contribution in [2.45, 2.75) is 135 Å². The van der Waals surface area contributed by atoms with E-state index in [-0.39, 0.29) is 25.7 Å². The fourth-order valence-electron chi connectivity index (χ4n) is 3.53. The summed E-state index contributed by atoms with van der Waals surface area (Å²) in [6, 6.07) is 0. The van der Waals surface area contributed by atoms with Crippen molar-refractivity contribution < 1.29 is 29.3 Å². The first-order chi connectivity index (χ1) is 14.5. The maximum atomic E-state index is 11.8. The van der Waals surface area contributed by atoms with E-state index < -0.39 is 24.0 Å². The van der Waals surface area contributed by atoms with Crippen molar-refractivity contribution in [1.29, 1.82) is 0 Å². The Kier molecular flexibility index (Phi) is 19.6. The maximum absolute atomic E-state index is 11.8. The van der Waals surface area contributed by atoms with Gasteiger partial charge in [0.15, 0.2) is 6.10 Å². The lowest BCUT2D eigenvalue weighted by Gasteiger charge is -2.13. The minimum absolute atomic E-state index is 0.0340. The summed E-state index contributed by atoms with van der Waals surface area (Å²) >= 11 is 0. The minimum atomic E-state index is -1.24. The number of esters is 1. The number of carboxylic acid groups (broad SMARTS) is 2. The van der Waals surface area contributed by atoms with Gasteiger partial charge < -0.3 is 14.9 Å². The largest absolute Gasteiger partial charge is 0.481 e. The number of unbranched alkanes of at least 4 members (excludes halogenated alkanes) is 14. The van der Waals surface area contributed by atoms with Crippen molar-refractivity contribution in [1.82, 2.24) is 0 Å². The Balaban J connectivity index is 3.49. The van der Waals surface area contributed by atoms with E-state index in [9.17, 15) is 14.4 Å². The number of carboxylic acids is 2. The van der Waals surface area contributed by atoms with Crippen LogP contribution in [-0.4, -0.2) is 34.2 Å². The van der Waals surface area contributed by atoms with Gasteiger partial charge in [-0.15, -0.1) is 0 Å². The number of carbonyl (C=O) groups is 3. The van der Waals surface area contributed by atoms with Crippen LogP contribution in [0.3, 0.4) is 0 Å². The lowest BCUT2D eigenvalue weighted by Crippen LogP contribution is -2.27. The van der Waals surface area contributed by atoms with E-state index in [0.29, 0.717) is 6.42 Å². The van der Waals surface area contributed by atoms with Crippen LogP contribution >= 0.6 is 0 Å². The molecule has 0 bridgehead atoms. The second-order valence-electron chi connectivity index (χ2n) is 8.30. The summed E-state index contributed by atoms with van der Waals surface area (Å²) in [4.78, 5) is 33.4. The van der Waals surface area contributed by atoms with E-state index in [1.165, 1.54) is 77.0 Å². The molecule has 6 heteroatoms. The third kappa shape index (κ3) is 19.7. The molecule has 0 radical (unpaired) electrons. The van der Waals surface area contributed by atoms with Crippen molar-refractivity contribution >= 4 is 17.9 Å². The zero-order valence-electron chi connectivity index (χ0n) is 19.0. The number of rotatable bonds is 22. The van der Waals surface area contributed by atoms with E-state index in [1.807, 2.05) is 0 Å². The highest BCUT2D eigenvalue weighted by Crippen LogP contribution is 2.14. The standard InChI is InChI=1S/C24H44O6/c1-2-3-4-5-6-7-8-9-10-11-12-13-14-15-16-20-23(27)30-21(24(28)29)18-17-19-22(25)26/h21H,2-20H2,1H3,(H,25,26)(H,28,29). The predicted molar refractivity (Wildman–Crippen MR) is 119 cm³/mol. The zero-order chi connectivity index (χ0) is 22.5. The number of hydrogen-bond acceptors (Lipinski definition) is 4. The van der Waals surface area contributed by atoms with Crippen molar-refractivity contribution in [3.8, 4) is 0 Å². The van der Waals surface area contributed by atoms with Crippen LogP contribution in [0.4, 0.5) is 0 Å². The van der Waals surface area contributed by atoms with E-state index >= 15 is 0 Å². The summed E-state index contributed by atoms with van der Waals surface area (Å²) in [5.41, 5.74) is 0. The molecule has 1 unspecified atom stereocenters. The summed E-state index contributed by atoms with van der Waals surface area (Å²) in [6.07, 6.45) is 17.8. The van der Waals surface area contributed by atoms with Crippen LogP contribution in [0.25, 0.3) is 0 Å². The monoisotopic (exact) mass is 428 g/mol. The maximum Gasteiger partial charge on any atom is 0.345 e. The first-order valence-electron chi connectivity index (χ1n) is 12.1. The Morgan fingerprint density at radius 2 is 1.07 bits per heavy atom. The lowest BCUT2D eigenvalue weighted by atomic mass is 10.0. The quantitative estimate of drug-likeness (QED) is 0.151. The molecule has 0 saturated carbocycles. The summed E-state index contributed by atoms with van der Waals surface area (Å²) < 4.78 is 4.98. The molecule has 0 heterocycles. The Morgan fingerprint density at radius 3 is 1.47 bits per heavy atom. The second-order valence-corrected chi connectivity index (χ2v) is 8.30. The van der Waals surface area contributed by atoms with Gasteiger partial charge in [-0.3, -0.25) is 9.59 Å². The van der Waals surface area contributed by atoms with Crippen LogP contribution in [0, 0.1) is 0 Å². The van der Waals surface area contributed by atoms with Gasteiger partial charge in [0.25, 0.3) is 0 Å². The molecule has 1 atom stereocenters. The fraction of sp³-hybridized carbons (Fsp3) is 0.875. The van der Waals surface area contributed by atoms with Crippen LogP contribution in [0.1, 0.15) is 129 Å². The molecule has 30 heavy (non-hydrogen) atoms. The van der Waals surface area contributed by atoms with E-state index in [1.54, 1.807) is 0 Å². The third-order valence-corrected chi connectivity index (χ3v) is 5.39. The van der Waals surface area contributed by atoms with Crippen LogP contribution in [0.2, 0.25) is 0 Å². The van der Waals surface area contributed by atoms with E-state index in [4.69, 9.17) is 14.9 Å². The van der Waals surface area contributed by atoms with Gasteiger partial charge in [-0.1, -0.05) is 96.8 Å². The van der Waals surface area contributed by atoms with Gasteiger partial charge in [0, 0.05) is 12.8 Å². The summed E-state index contributed by atoms with van der Waals surface area (Å²) in [5, 5.41) is 17.7. The predicted octanol–water partition coefficient (Wildman–Crippen LogP) is 6.50. The zero-order valence-corrected chi connectivity index (χ0v) is 19.0. The third-order valence-electron chi connectivity index (χ3n) is 5.39. The van der Waals surface area contributed by atoms with Crippen LogP contribution < -0.4 is 0 Å². The molecule has 0 saturated heterocycles. The number of carbonyl (C=O) groups excluding carboxylic acids is 1. The topological polar surface area (TPSA) is 101 Å². The van der Waals surface area contributed by atoms with Gasteiger partial charge in [-0.05, 0) is 19.3 Å².